The lowest BCUT2D eigenvalue weighted by atomic mass is 9.99. The maximum atomic E-state index is 12.9. The summed E-state index contributed by atoms with van der Waals surface area (Å²) in [5.74, 6) is 2.08. The highest BCUT2D eigenvalue weighted by atomic mass is 16.5. The number of hydrogen-bond acceptors (Lipinski definition) is 4. The van der Waals surface area contributed by atoms with Gasteiger partial charge < -0.3 is 14.1 Å². The molecule has 1 aromatic carbocycles. The molecule has 2 aromatic rings. The Bertz CT molecular complexity index is 750. The first-order valence-electron chi connectivity index (χ1n) is 9.96. The fourth-order valence-corrected chi connectivity index (χ4v) is 3.88. The second-order valence-corrected chi connectivity index (χ2v) is 7.75. The molecule has 0 spiro atoms. The SMILES string of the molecule is CC1CCN(Cc2ccc(C(=O)N3CCOC(c4ccccc4)C3)o2)CC1. The molecule has 5 nitrogen and oxygen atoms in total. The summed E-state index contributed by atoms with van der Waals surface area (Å²) in [4.78, 5) is 17.1. The Morgan fingerprint density at radius 1 is 1.07 bits per heavy atom. The van der Waals surface area contributed by atoms with E-state index in [9.17, 15) is 4.79 Å². The van der Waals surface area contributed by atoms with Crippen molar-refractivity contribution >= 4 is 5.91 Å². The zero-order valence-corrected chi connectivity index (χ0v) is 16.0. The van der Waals surface area contributed by atoms with Crippen molar-refractivity contribution in [3.05, 3.63) is 59.5 Å². The normalized spacial score (nSPS) is 22.1. The van der Waals surface area contributed by atoms with Gasteiger partial charge in [-0.05, 0) is 49.5 Å². The summed E-state index contributed by atoms with van der Waals surface area (Å²) in [5, 5.41) is 0. The molecule has 0 radical (unpaired) electrons. The molecule has 144 valence electrons. The van der Waals surface area contributed by atoms with Crippen molar-refractivity contribution in [3.63, 3.8) is 0 Å². The van der Waals surface area contributed by atoms with Crippen LogP contribution in [-0.4, -0.2) is 48.5 Å². The molecule has 3 heterocycles. The number of rotatable bonds is 4. The van der Waals surface area contributed by atoms with E-state index in [1.807, 2.05) is 47.4 Å². The number of piperidine rings is 1. The van der Waals surface area contributed by atoms with Crippen LogP contribution in [0.2, 0.25) is 0 Å². The van der Waals surface area contributed by atoms with Crippen molar-refractivity contribution in [1.29, 1.82) is 0 Å². The first kappa shape index (κ1) is 18.3. The highest BCUT2D eigenvalue weighted by Gasteiger charge is 2.28. The summed E-state index contributed by atoms with van der Waals surface area (Å²) in [6, 6.07) is 13.8. The molecule has 0 saturated carbocycles. The van der Waals surface area contributed by atoms with E-state index >= 15 is 0 Å². The smallest absolute Gasteiger partial charge is 0.289 e. The number of nitrogens with zero attached hydrogens (tertiary/aromatic N) is 2. The third-order valence-corrected chi connectivity index (χ3v) is 5.65. The van der Waals surface area contributed by atoms with Gasteiger partial charge in [-0.3, -0.25) is 9.69 Å². The summed E-state index contributed by atoms with van der Waals surface area (Å²) < 4.78 is 11.8. The molecule has 0 aliphatic carbocycles. The van der Waals surface area contributed by atoms with Gasteiger partial charge in [0.1, 0.15) is 11.9 Å². The van der Waals surface area contributed by atoms with Crippen LogP contribution in [0.4, 0.5) is 0 Å². The molecule has 2 saturated heterocycles. The first-order chi connectivity index (χ1) is 13.2. The lowest BCUT2D eigenvalue weighted by Gasteiger charge is -2.32. The molecule has 0 bridgehead atoms. The molecule has 1 unspecified atom stereocenters. The minimum atomic E-state index is -0.0753. The maximum Gasteiger partial charge on any atom is 0.289 e. The van der Waals surface area contributed by atoms with Gasteiger partial charge in [-0.2, -0.15) is 0 Å². The predicted octanol–water partition coefficient (Wildman–Crippen LogP) is 3.73. The van der Waals surface area contributed by atoms with Crippen LogP contribution in [-0.2, 0) is 11.3 Å². The van der Waals surface area contributed by atoms with Gasteiger partial charge in [0.05, 0.1) is 19.7 Å². The molecule has 2 aliphatic rings. The lowest BCUT2D eigenvalue weighted by molar-refractivity contribution is -0.0238. The number of carbonyl (C=O) groups is 1. The minimum absolute atomic E-state index is 0.0438. The number of benzene rings is 1. The van der Waals surface area contributed by atoms with Crippen molar-refractivity contribution in [2.24, 2.45) is 5.92 Å². The quantitative estimate of drug-likeness (QED) is 0.825. The van der Waals surface area contributed by atoms with Crippen LogP contribution in [0.5, 0.6) is 0 Å². The van der Waals surface area contributed by atoms with E-state index in [0.717, 1.165) is 36.9 Å². The van der Waals surface area contributed by atoms with Crippen molar-refractivity contribution < 1.29 is 13.9 Å². The maximum absolute atomic E-state index is 12.9. The Morgan fingerprint density at radius 2 is 1.85 bits per heavy atom. The summed E-state index contributed by atoms with van der Waals surface area (Å²) in [6.07, 6.45) is 2.40. The standard InChI is InChI=1S/C22H28N2O3/c1-17-9-11-23(12-10-17)15-19-7-8-20(27-19)22(25)24-13-14-26-21(16-24)18-5-3-2-4-6-18/h2-8,17,21H,9-16H2,1H3. The average Bonchev–Trinajstić information content (AvgIpc) is 3.18. The Balaban J connectivity index is 1.37. The van der Waals surface area contributed by atoms with Crippen molar-refractivity contribution in [2.45, 2.75) is 32.4 Å². The van der Waals surface area contributed by atoms with Crippen LogP contribution >= 0.6 is 0 Å². The summed E-state index contributed by atoms with van der Waals surface area (Å²) in [5.41, 5.74) is 1.11. The highest BCUT2D eigenvalue weighted by Crippen LogP contribution is 2.24. The number of hydrogen-bond donors (Lipinski definition) is 0. The van der Waals surface area contributed by atoms with E-state index < -0.39 is 0 Å². The number of ether oxygens (including phenoxy) is 1. The van der Waals surface area contributed by atoms with Gasteiger partial charge in [0.2, 0.25) is 0 Å². The number of likely N-dealkylation sites (tertiary alicyclic amines) is 1. The lowest BCUT2D eigenvalue weighted by Crippen LogP contribution is -2.42. The third-order valence-electron chi connectivity index (χ3n) is 5.65. The molecule has 5 heteroatoms. The van der Waals surface area contributed by atoms with E-state index in [1.54, 1.807) is 0 Å². The van der Waals surface area contributed by atoms with Crippen LogP contribution in [0, 0.1) is 5.92 Å². The molecule has 0 N–H and O–H groups in total. The van der Waals surface area contributed by atoms with E-state index in [-0.39, 0.29) is 12.0 Å². The second-order valence-electron chi connectivity index (χ2n) is 7.75. The molecule has 2 aliphatic heterocycles. The van der Waals surface area contributed by atoms with Gasteiger partial charge in [-0.15, -0.1) is 0 Å². The van der Waals surface area contributed by atoms with Gasteiger partial charge in [0.25, 0.3) is 5.91 Å². The summed E-state index contributed by atoms with van der Waals surface area (Å²) in [6.45, 7) is 7.01. The molecule has 27 heavy (non-hydrogen) atoms. The van der Waals surface area contributed by atoms with Gasteiger partial charge in [-0.1, -0.05) is 37.3 Å². The van der Waals surface area contributed by atoms with Gasteiger partial charge in [0, 0.05) is 6.54 Å². The monoisotopic (exact) mass is 368 g/mol. The molecule has 1 atom stereocenters. The van der Waals surface area contributed by atoms with Gasteiger partial charge in [-0.25, -0.2) is 0 Å². The first-order valence-corrected chi connectivity index (χ1v) is 9.96. The number of furan rings is 1. The summed E-state index contributed by atoms with van der Waals surface area (Å²) in [7, 11) is 0. The fraction of sp³-hybridized carbons (Fsp3) is 0.500. The van der Waals surface area contributed by atoms with E-state index in [2.05, 4.69) is 11.8 Å². The topological polar surface area (TPSA) is 45.9 Å². The third kappa shape index (κ3) is 4.42. The Morgan fingerprint density at radius 3 is 2.63 bits per heavy atom. The summed E-state index contributed by atoms with van der Waals surface area (Å²) >= 11 is 0. The van der Waals surface area contributed by atoms with Crippen molar-refractivity contribution in [2.75, 3.05) is 32.8 Å². The van der Waals surface area contributed by atoms with Crippen LogP contribution < -0.4 is 0 Å². The molecule has 2 fully saturated rings. The molecule has 4 rings (SSSR count). The van der Waals surface area contributed by atoms with Crippen LogP contribution in [0.25, 0.3) is 0 Å². The predicted molar refractivity (Wildman–Crippen MR) is 103 cm³/mol. The largest absolute Gasteiger partial charge is 0.455 e. The molecule has 1 aromatic heterocycles. The second kappa shape index (κ2) is 8.28. The highest BCUT2D eigenvalue weighted by molar-refractivity contribution is 5.91. The van der Waals surface area contributed by atoms with Crippen LogP contribution in [0.1, 0.15) is 47.7 Å². The zero-order valence-electron chi connectivity index (χ0n) is 16.0. The Hall–Kier alpha value is -2.11. The van der Waals surface area contributed by atoms with Crippen LogP contribution in [0.3, 0.4) is 0 Å². The molecular weight excluding hydrogens is 340 g/mol. The Labute approximate surface area is 160 Å². The van der Waals surface area contributed by atoms with Gasteiger partial charge >= 0.3 is 0 Å². The number of carbonyl (C=O) groups excluding carboxylic acids is 1. The minimum Gasteiger partial charge on any atom is -0.455 e. The molecular formula is C22H28N2O3. The fourth-order valence-electron chi connectivity index (χ4n) is 3.88. The number of amides is 1. The number of morpholine rings is 1. The van der Waals surface area contributed by atoms with Crippen molar-refractivity contribution in [3.8, 4) is 0 Å². The average molecular weight is 368 g/mol. The van der Waals surface area contributed by atoms with E-state index in [1.165, 1.54) is 12.8 Å². The zero-order chi connectivity index (χ0) is 18.6. The Kier molecular flexibility index (Phi) is 5.60. The van der Waals surface area contributed by atoms with E-state index in [4.69, 9.17) is 9.15 Å². The molecule has 1 amide bonds. The van der Waals surface area contributed by atoms with Gasteiger partial charge in [0.15, 0.2) is 5.76 Å². The van der Waals surface area contributed by atoms with Crippen molar-refractivity contribution in [1.82, 2.24) is 9.80 Å². The van der Waals surface area contributed by atoms with Crippen LogP contribution in [0.15, 0.2) is 46.9 Å². The van der Waals surface area contributed by atoms with E-state index in [0.29, 0.717) is 25.5 Å².